The van der Waals surface area contributed by atoms with Crippen LogP contribution in [0.25, 0.3) is 11.0 Å². The van der Waals surface area contributed by atoms with E-state index in [0.29, 0.717) is 23.6 Å². The molecule has 1 aliphatic rings. The second-order valence-electron chi connectivity index (χ2n) is 7.91. The Bertz CT molecular complexity index is 1070. The quantitative estimate of drug-likeness (QED) is 0.631. The molecule has 0 atom stereocenters. The third-order valence-corrected chi connectivity index (χ3v) is 5.94. The van der Waals surface area contributed by atoms with Crippen LogP contribution in [0.3, 0.4) is 0 Å². The Hall–Kier alpha value is -2.86. The minimum Gasteiger partial charge on any atom is -0.352 e. The van der Waals surface area contributed by atoms with E-state index in [1.807, 2.05) is 33.7 Å². The first kappa shape index (κ1) is 21.4. The molecule has 1 aliphatic heterocycles. The van der Waals surface area contributed by atoms with Gasteiger partial charge in [-0.2, -0.15) is 0 Å². The van der Waals surface area contributed by atoms with Crippen LogP contribution in [0.4, 0.5) is 0 Å². The van der Waals surface area contributed by atoms with Crippen molar-refractivity contribution in [2.75, 3.05) is 19.6 Å². The van der Waals surface area contributed by atoms with Crippen LogP contribution in [0.2, 0.25) is 5.02 Å². The summed E-state index contributed by atoms with van der Waals surface area (Å²) in [5.74, 6) is 0.760. The molecule has 0 radical (unpaired) electrons. The van der Waals surface area contributed by atoms with Crippen LogP contribution in [0.15, 0.2) is 48.5 Å². The predicted molar refractivity (Wildman–Crippen MR) is 122 cm³/mol. The standard InChI is InChI=1S/C24H27ClN4O2/c25-19-9-7-8-18(16-19)24(31)26-13-12-22-27-20-10-3-4-11-21(20)29(22)17-23(30)28-14-5-1-2-6-15-28/h3-4,7-11,16H,1-2,5-6,12-15,17H2,(H,26,31). The van der Waals surface area contributed by atoms with E-state index >= 15 is 0 Å². The van der Waals surface area contributed by atoms with Crippen molar-refractivity contribution in [3.8, 4) is 0 Å². The lowest BCUT2D eigenvalue weighted by atomic mass is 10.2. The molecular weight excluding hydrogens is 412 g/mol. The van der Waals surface area contributed by atoms with E-state index in [0.717, 1.165) is 42.8 Å². The van der Waals surface area contributed by atoms with Gasteiger partial charge in [-0.3, -0.25) is 9.59 Å². The lowest BCUT2D eigenvalue weighted by Gasteiger charge is -2.21. The normalized spacial score (nSPS) is 14.4. The number of amides is 2. The number of rotatable bonds is 6. The van der Waals surface area contributed by atoms with E-state index in [1.165, 1.54) is 12.8 Å². The van der Waals surface area contributed by atoms with Crippen LogP contribution in [-0.2, 0) is 17.8 Å². The first-order chi connectivity index (χ1) is 15.1. The van der Waals surface area contributed by atoms with Crippen molar-refractivity contribution in [1.29, 1.82) is 0 Å². The van der Waals surface area contributed by atoms with Gasteiger partial charge in [0.2, 0.25) is 5.91 Å². The van der Waals surface area contributed by atoms with Crippen molar-refractivity contribution in [1.82, 2.24) is 19.8 Å². The monoisotopic (exact) mass is 438 g/mol. The van der Waals surface area contributed by atoms with E-state index in [2.05, 4.69) is 5.32 Å². The van der Waals surface area contributed by atoms with Crippen molar-refractivity contribution >= 4 is 34.4 Å². The zero-order valence-corrected chi connectivity index (χ0v) is 18.3. The lowest BCUT2D eigenvalue weighted by Crippen LogP contribution is -2.35. The number of carbonyl (C=O) groups is 2. The maximum absolute atomic E-state index is 13.0. The fourth-order valence-corrected chi connectivity index (χ4v) is 4.26. The minimum absolute atomic E-state index is 0.134. The summed E-state index contributed by atoms with van der Waals surface area (Å²) in [5, 5.41) is 3.45. The average Bonchev–Trinajstić information content (AvgIpc) is 2.94. The number of nitrogens with zero attached hydrogens (tertiary/aromatic N) is 3. The topological polar surface area (TPSA) is 67.2 Å². The molecule has 0 unspecified atom stereocenters. The maximum atomic E-state index is 13.0. The number of hydrogen-bond donors (Lipinski definition) is 1. The SMILES string of the molecule is O=C(NCCc1nc2ccccc2n1CC(=O)N1CCCCCC1)c1cccc(Cl)c1. The molecule has 0 saturated carbocycles. The van der Waals surface area contributed by atoms with Gasteiger partial charge in [-0.15, -0.1) is 0 Å². The summed E-state index contributed by atoms with van der Waals surface area (Å²) in [5.41, 5.74) is 2.33. The zero-order chi connectivity index (χ0) is 21.6. The number of carbonyl (C=O) groups excluding carboxylic acids is 2. The number of halogens is 1. The van der Waals surface area contributed by atoms with E-state index in [-0.39, 0.29) is 18.4 Å². The molecular formula is C24H27ClN4O2. The van der Waals surface area contributed by atoms with E-state index in [9.17, 15) is 9.59 Å². The fraction of sp³-hybridized carbons (Fsp3) is 0.375. The van der Waals surface area contributed by atoms with Crippen LogP contribution in [0.1, 0.15) is 41.9 Å². The molecule has 3 aromatic rings. The van der Waals surface area contributed by atoms with Crippen molar-refractivity contribution in [2.24, 2.45) is 0 Å². The second kappa shape index (κ2) is 9.96. The van der Waals surface area contributed by atoms with E-state index < -0.39 is 0 Å². The third kappa shape index (κ3) is 5.25. The van der Waals surface area contributed by atoms with Gasteiger partial charge >= 0.3 is 0 Å². The summed E-state index contributed by atoms with van der Waals surface area (Å²) >= 11 is 5.98. The van der Waals surface area contributed by atoms with Crippen molar-refractivity contribution < 1.29 is 9.59 Å². The molecule has 1 saturated heterocycles. The van der Waals surface area contributed by atoms with Crippen LogP contribution in [-0.4, -0.2) is 45.9 Å². The van der Waals surface area contributed by atoms with Crippen molar-refractivity contribution in [2.45, 2.75) is 38.6 Å². The second-order valence-corrected chi connectivity index (χ2v) is 8.35. The Morgan fingerprint density at radius 3 is 2.55 bits per heavy atom. The van der Waals surface area contributed by atoms with Gasteiger partial charge in [0.05, 0.1) is 11.0 Å². The van der Waals surface area contributed by atoms with Gasteiger partial charge in [-0.05, 0) is 43.2 Å². The predicted octanol–water partition coefficient (Wildman–Crippen LogP) is 4.06. The summed E-state index contributed by atoms with van der Waals surface area (Å²) in [7, 11) is 0. The first-order valence-corrected chi connectivity index (χ1v) is 11.3. The number of likely N-dealkylation sites (tertiary alicyclic amines) is 1. The van der Waals surface area contributed by atoms with Crippen molar-refractivity contribution in [3.63, 3.8) is 0 Å². The van der Waals surface area contributed by atoms with Crippen LogP contribution in [0, 0.1) is 0 Å². The molecule has 6 nitrogen and oxygen atoms in total. The summed E-state index contributed by atoms with van der Waals surface area (Å²) < 4.78 is 1.99. The summed E-state index contributed by atoms with van der Waals surface area (Å²) in [6, 6.07) is 14.7. The average molecular weight is 439 g/mol. The Morgan fingerprint density at radius 2 is 1.77 bits per heavy atom. The molecule has 1 fully saturated rings. The molecule has 4 rings (SSSR count). The Labute approximate surface area is 187 Å². The van der Waals surface area contributed by atoms with E-state index in [4.69, 9.17) is 16.6 Å². The molecule has 2 amide bonds. The maximum Gasteiger partial charge on any atom is 0.251 e. The lowest BCUT2D eigenvalue weighted by molar-refractivity contribution is -0.131. The molecule has 1 aromatic heterocycles. The van der Waals surface area contributed by atoms with Gasteiger partial charge < -0.3 is 14.8 Å². The number of imidazole rings is 1. The molecule has 1 N–H and O–H groups in total. The molecule has 0 aliphatic carbocycles. The molecule has 7 heteroatoms. The number of aromatic nitrogens is 2. The number of para-hydroxylation sites is 2. The Balaban J connectivity index is 1.47. The summed E-state index contributed by atoms with van der Waals surface area (Å²) in [4.78, 5) is 32.1. The highest BCUT2D eigenvalue weighted by atomic mass is 35.5. The highest BCUT2D eigenvalue weighted by molar-refractivity contribution is 6.30. The van der Waals surface area contributed by atoms with Crippen LogP contribution >= 0.6 is 11.6 Å². The fourth-order valence-electron chi connectivity index (χ4n) is 4.07. The highest BCUT2D eigenvalue weighted by Crippen LogP contribution is 2.18. The van der Waals surface area contributed by atoms with Crippen LogP contribution in [0.5, 0.6) is 0 Å². The van der Waals surface area contributed by atoms with E-state index in [1.54, 1.807) is 24.3 Å². The van der Waals surface area contributed by atoms with Crippen molar-refractivity contribution in [3.05, 3.63) is 64.9 Å². The van der Waals surface area contributed by atoms with Gasteiger partial charge in [-0.25, -0.2) is 4.98 Å². The molecule has 0 spiro atoms. The zero-order valence-electron chi connectivity index (χ0n) is 17.5. The summed E-state index contributed by atoms with van der Waals surface area (Å²) in [6.07, 6.45) is 5.05. The van der Waals surface area contributed by atoms with Gasteiger partial charge in [0.1, 0.15) is 12.4 Å². The largest absolute Gasteiger partial charge is 0.352 e. The minimum atomic E-state index is -0.175. The smallest absolute Gasteiger partial charge is 0.251 e. The molecule has 2 heterocycles. The number of nitrogens with one attached hydrogen (secondary N) is 1. The Kier molecular flexibility index (Phi) is 6.87. The van der Waals surface area contributed by atoms with Crippen LogP contribution < -0.4 is 5.32 Å². The Morgan fingerprint density at radius 1 is 1.00 bits per heavy atom. The number of hydrogen-bond acceptors (Lipinski definition) is 3. The van der Waals surface area contributed by atoms with Gasteiger partial charge in [0, 0.05) is 36.6 Å². The molecule has 31 heavy (non-hydrogen) atoms. The molecule has 0 bridgehead atoms. The van der Waals surface area contributed by atoms with Gasteiger partial charge in [-0.1, -0.05) is 42.6 Å². The van der Waals surface area contributed by atoms with Gasteiger partial charge in [0.15, 0.2) is 0 Å². The number of fused-ring (bicyclic) bond motifs is 1. The number of benzene rings is 2. The highest BCUT2D eigenvalue weighted by Gasteiger charge is 2.19. The third-order valence-electron chi connectivity index (χ3n) is 5.71. The molecule has 2 aromatic carbocycles. The summed E-state index contributed by atoms with van der Waals surface area (Å²) in [6.45, 7) is 2.36. The first-order valence-electron chi connectivity index (χ1n) is 10.9. The van der Waals surface area contributed by atoms with Gasteiger partial charge in [0.25, 0.3) is 5.91 Å². The molecule has 162 valence electrons.